The molecule has 1 heterocycles. The molecule has 1 amide bonds. The van der Waals surface area contributed by atoms with Gasteiger partial charge in [0.25, 0.3) is 0 Å². The van der Waals surface area contributed by atoms with Crippen molar-refractivity contribution in [3.63, 3.8) is 0 Å². The van der Waals surface area contributed by atoms with Crippen LogP contribution < -0.4 is 5.32 Å². The van der Waals surface area contributed by atoms with Gasteiger partial charge >= 0.3 is 6.18 Å². The molecule has 0 radical (unpaired) electrons. The van der Waals surface area contributed by atoms with Crippen LogP contribution in [0.5, 0.6) is 0 Å². The molecular weight excluding hydrogens is 366 g/mol. The first-order valence-corrected chi connectivity index (χ1v) is 7.74. The average molecular weight is 381 g/mol. The molecule has 0 saturated heterocycles. The van der Waals surface area contributed by atoms with Crippen molar-refractivity contribution in [2.24, 2.45) is 0 Å². The summed E-state index contributed by atoms with van der Waals surface area (Å²) in [5, 5.41) is 11.6. The summed E-state index contributed by atoms with van der Waals surface area (Å²) >= 11 is 0. The van der Waals surface area contributed by atoms with E-state index in [0.717, 1.165) is 19.1 Å². The molecule has 0 saturated carbocycles. The van der Waals surface area contributed by atoms with Crippen LogP contribution in [-0.4, -0.2) is 40.0 Å². The molecule has 0 aliphatic rings. The van der Waals surface area contributed by atoms with Gasteiger partial charge in [0, 0.05) is 13.5 Å². The highest BCUT2D eigenvalue weighted by Gasteiger charge is 2.33. The zero-order valence-electron chi connectivity index (χ0n) is 14.2. The van der Waals surface area contributed by atoms with Gasteiger partial charge in [-0.05, 0) is 17.7 Å². The van der Waals surface area contributed by atoms with Gasteiger partial charge in [-0.25, -0.2) is 14.4 Å². The molecule has 1 N–H and O–H groups in total. The number of carbonyl (C=O) groups excluding carboxylic acids is 1. The van der Waals surface area contributed by atoms with Crippen molar-refractivity contribution >= 4 is 11.9 Å². The van der Waals surface area contributed by atoms with Crippen molar-refractivity contribution in [2.45, 2.75) is 19.1 Å². The number of hydrogen-bond acceptors (Lipinski definition) is 5. The first-order valence-electron chi connectivity index (χ1n) is 7.74. The molecule has 142 valence electrons. The standard InChI is InChI=1S/C17H15F4N5O/c1-11(27)26(10-17(19,20)21)9-15(13-2-4-14(18)5-3-13)25-16-23-7-12(6-22)8-24-16/h2-5,7-8,15H,9-10H2,1H3,(H,23,24,25). The Hall–Kier alpha value is -3.22. The fraction of sp³-hybridized carbons (Fsp3) is 0.294. The Bertz CT molecular complexity index is 815. The number of amides is 1. The number of benzene rings is 1. The highest BCUT2D eigenvalue weighted by molar-refractivity contribution is 5.73. The van der Waals surface area contributed by atoms with Gasteiger partial charge in [-0.2, -0.15) is 18.4 Å². The van der Waals surface area contributed by atoms with Crippen LogP contribution in [0, 0.1) is 17.1 Å². The Morgan fingerprint density at radius 3 is 2.33 bits per heavy atom. The topological polar surface area (TPSA) is 81.9 Å². The van der Waals surface area contributed by atoms with Crippen molar-refractivity contribution in [1.82, 2.24) is 14.9 Å². The van der Waals surface area contributed by atoms with Gasteiger partial charge in [-0.15, -0.1) is 0 Å². The molecule has 0 aliphatic carbocycles. The van der Waals surface area contributed by atoms with Crippen LogP contribution in [0.4, 0.5) is 23.5 Å². The van der Waals surface area contributed by atoms with Crippen LogP contribution in [-0.2, 0) is 4.79 Å². The van der Waals surface area contributed by atoms with Gasteiger partial charge in [0.15, 0.2) is 0 Å². The molecule has 1 aromatic carbocycles. The maximum absolute atomic E-state index is 13.2. The molecule has 1 aromatic heterocycles. The van der Waals surface area contributed by atoms with Crippen LogP contribution in [0.25, 0.3) is 0 Å². The quantitative estimate of drug-likeness (QED) is 0.778. The highest BCUT2D eigenvalue weighted by atomic mass is 19.4. The average Bonchev–Trinajstić information content (AvgIpc) is 2.60. The third-order valence-electron chi connectivity index (χ3n) is 3.58. The number of aromatic nitrogens is 2. The van der Waals surface area contributed by atoms with E-state index in [1.165, 1.54) is 24.5 Å². The van der Waals surface area contributed by atoms with Gasteiger partial charge < -0.3 is 10.2 Å². The smallest absolute Gasteiger partial charge is 0.346 e. The molecule has 2 aromatic rings. The molecule has 6 nitrogen and oxygen atoms in total. The Morgan fingerprint density at radius 2 is 1.85 bits per heavy atom. The fourth-order valence-corrected chi connectivity index (χ4v) is 2.29. The second-order valence-electron chi connectivity index (χ2n) is 5.67. The monoisotopic (exact) mass is 381 g/mol. The van der Waals surface area contributed by atoms with Gasteiger partial charge in [0.1, 0.15) is 18.4 Å². The number of hydrogen-bond donors (Lipinski definition) is 1. The van der Waals surface area contributed by atoms with E-state index in [-0.39, 0.29) is 18.1 Å². The molecule has 1 unspecified atom stereocenters. The van der Waals surface area contributed by atoms with Crippen molar-refractivity contribution in [3.8, 4) is 6.07 Å². The number of nitrogens with one attached hydrogen (secondary N) is 1. The lowest BCUT2D eigenvalue weighted by molar-refractivity contribution is -0.160. The number of halogens is 4. The van der Waals surface area contributed by atoms with Crippen molar-refractivity contribution in [2.75, 3.05) is 18.4 Å². The lowest BCUT2D eigenvalue weighted by atomic mass is 10.1. The number of alkyl halides is 3. The summed E-state index contributed by atoms with van der Waals surface area (Å²) in [5.74, 6) is -1.22. The summed E-state index contributed by atoms with van der Waals surface area (Å²) < 4.78 is 51.5. The molecule has 0 bridgehead atoms. The van der Waals surface area contributed by atoms with E-state index < -0.39 is 30.5 Å². The summed E-state index contributed by atoms with van der Waals surface area (Å²) in [6.45, 7) is -0.731. The lowest BCUT2D eigenvalue weighted by Gasteiger charge is -2.28. The largest absolute Gasteiger partial charge is 0.406 e. The van der Waals surface area contributed by atoms with E-state index >= 15 is 0 Å². The van der Waals surface area contributed by atoms with Crippen molar-refractivity contribution in [3.05, 3.63) is 53.6 Å². The van der Waals surface area contributed by atoms with Gasteiger partial charge in [-0.1, -0.05) is 12.1 Å². The molecular formula is C17H15F4N5O. The van der Waals surface area contributed by atoms with Gasteiger partial charge in [0.05, 0.1) is 24.0 Å². The van der Waals surface area contributed by atoms with Crippen LogP contribution in [0.1, 0.15) is 24.1 Å². The van der Waals surface area contributed by atoms with E-state index in [2.05, 4.69) is 15.3 Å². The minimum Gasteiger partial charge on any atom is -0.346 e. The normalized spacial score (nSPS) is 12.1. The molecule has 0 spiro atoms. The molecule has 1 atom stereocenters. The Morgan fingerprint density at radius 1 is 1.26 bits per heavy atom. The molecule has 0 aliphatic heterocycles. The predicted octanol–water partition coefficient (Wildman–Crippen LogP) is 3.05. The molecule has 2 rings (SSSR count). The SMILES string of the molecule is CC(=O)N(CC(Nc1ncc(C#N)cn1)c1ccc(F)cc1)CC(F)(F)F. The summed E-state index contributed by atoms with van der Waals surface area (Å²) in [4.78, 5) is 20.1. The second-order valence-corrected chi connectivity index (χ2v) is 5.67. The number of rotatable bonds is 6. The summed E-state index contributed by atoms with van der Waals surface area (Å²) in [5.41, 5.74) is 0.652. The van der Waals surface area contributed by atoms with Gasteiger partial charge in [0.2, 0.25) is 11.9 Å². The maximum Gasteiger partial charge on any atom is 0.406 e. The third-order valence-corrected chi connectivity index (χ3v) is 3.58. The third kappa shape index (κ3) is 6.22. The van der Waals surface area contributed by atoms with Crippen molar-refractivity contribution in [1.29, 1.82) is 5.26 Å². The summed E-state index contributed by atoms with van der Waals surface area (Å²) in [6, 6.07) is 6.12. The lowest BCUT2D eigenvalue weighted by Crippen LogP contribution is -2.41. The van der Waals surface area contributed by atoms with Crippen LogP contribution in [0.3, 0.4) is 0 Å². The number of carbonyl (C=O) groups is 1. The van der Waals surface area contributed by atoms with Crippen LogP contribution >= 0.6 is 0 Å². The van der Waals surface area contributed by atoms with Gasteiger partial charge in [-0.3, -0.25) is 4.79 Å². The second kappa shape index (κ2) is 8.44. The van der Waals surface area contributed by atoms with E-state index in [4.69, 9.17) is 5.26 Å². The van der Waals surface area contributed by atoms with E-state index in [0.29, 0.717) is 10.5 Å². The Kier molecular flexibility index (Phi) is 6.28. The summed E-state index contributed by atoms with van der Waals surface area (Å²) in [6.07, 6.45) is -2.07. The molecule has 27 heavy (non-hydrogen) atoms. The van der Waals surface area contributed by atoms with Crippen LogP contribution in [0.2, 0.25) is 0 Å². The number of anilines is 1. The molecule has 0 fully saturated rings. The first-order chi connectivity index (χ1) is 12.7. The number of nitrogens with zero attached hydrogens (tertiary/aromatic N) is 4. The maximum atomic E-state index is 13.2. The Labute approximate surface area is 152 Å². The predicted molar refractivity (Wildman–Crippen MR) is 87.8 cm³/mol. The molecule has 10 heteroatoms. The zero-order valence-corrected chi connectivity index (χ0v) is 14.2. The minimum absolute atomic E-state index is 0.0545. The fourth-order valence-electron chi connectivity index (χ4n) is 2.29. The van der Waals surface area contributed by atoms with Crippen molar-refractivity contribution < 1.29 is 22.4 Å². The highest BCUT2D eigenvalue weighted by Crippen LogP contribution is 2.23. The van der Waals surface area contributed by atoms with E-state index in [1.54, 1.807) is 0 Å². The minimum atomic E-state index is -4.57. The van der Waals surface area contributed by atoms with E-state index in [9.17, 15) is 22.4 Å². The first kappa shape index (κ1) is 20.1. The Balaban J connectivity index is 2.29. The zero-order chi connectivity index (χ0) is 20.0. The summed E-state index contributed by atoms with van der Waals surface area (Å²) in [7, 11) is 0. The van der Waals surface area contributed by atoms with Crippen LogP contribution in [0.15, 0.2) is 36.7 Å². The number of nitriles is 1. The van der Waals surface area contributed by atoms with E-state index in [1.807, 2.05) is 6.07 Å².